The zero-order valence-electron chi connectivity index (χ0n) is 9.11. The van der Waals surface area contributed by atoms with Crippen molar-refractivity contribution in [3.05, 3.63) is 53.7 Å². The van der Waals surface area contributed by atoms with E-state index >= 15 is 0 Å². The van der Waals surface area contributed by atoms with Crippen LogP contribution in [-0.4, -0.2) is 11.3 Å². The van der Waals surface area contributed by atoms with E-state index in [2.05, 4.69) is 4.98 Å². The number of aldehydes is 1. The first kappa shape index (κ1) is 12.3. The van der Waals surface area contributed by atoms with Gasteiger partial charge in [0.25, 0.3) is 0 Å². The monoisotopic (exact) mass is 251 g/mol. The first-order valence-corrected chi connectivity index (χ1v) is 5.11. The average Bonchev–Trinajstić information content (AvgIpc) is 2.38. The second-order valence-corrected chi connectivity index (χ2v) is 3.60. The topological polar surface area (TPSA) is 30.0 Å². The molecule has 0 amide bonds. The molecule has 0 unspecified atom stereocenters. The van der Waals surface area contributed by atoms with E-state index in [1.165, 1.54) is 24.4 Å². The lowest BCUT2D eigenvalue weighted by Crippen LogP contribution is -2.09. The molecule has 0 N–H and O–H groups in total. The highest BCUT2D eigenvalue weighted by molar-refractivity contribution is 5.88. The van der Waals surface area contributed by atoms with Crippen molar-refractivity contribution in [2.45, 2.75) is 6.18 Å². The summed E-state index contributed by atoms with van der Waals surface area (Å²) in [6.07, 6.45) is -2.73. The fraction of sp³-hybridized carbons (Fsp3) is 0.0769. The Morgan fingerprint density at radius 1 is 1.06 bits per heavy atom. The Bertz CT molecular complexity index is 564. The van der Waals surface area contributed by atoms with Gasteiger partial charge < -0.3 is 0 Å². The van der Waals surface area contributed by atoms with E-state index in [9.17, 15) is 18.0 Å². The molecule has 0 aliphatic rings. The number of halogens is 3. The zero-order valence-corrected chi connectivity index (χ0v) is 9.11. The zero-order chi connectivity index (χ0) is 13.2. The fourth-order valence-corrected chi connectivity index (χ4v) is 1.70. The van der Waals surface area contributed by atoms with Crippen molar-refractivity contribution in [2.75, 3.05) is 0 Å². The molecule has 2 nitrogen and oxygen atoms in total. The molecule has 0 spiro atoms. The SMILES string of the molecule is O=Cc1cccc(C(F)(F)F)c1-c1ccccn1. The Balaban J connectivity index is 2.74. The largest absolute Gasteiger partial charge is 0.417 e. The Labute approximate surface area is 101 Å². The van der Waals surface area contributed by atoms with E-state index < -0.39 is 11.7 Å². The van der Waals surface area contributed by atoms with Gasteiger partial charge in [0.15, 0.2) is 6.29 Å². The summed E-state index contributed by atoms with van der Waals surface area (Å²) in [4.78, 5) is 14.8. The molecule has 0 bridgehead atoms. The Morgan fingerprint density at radius 3 is 2.39 bits per heavy atom. The summed E-state index contributed by atoms with van der Waals surface area (Å²) in [6.45, 7) is 0. The lowest BCUT2D eigenvalue weighted by molar-refractivity contribution is -0.137. The van der Waals surface area contributed by atoms with Crippen LogP contribution in [-0.2, 0) is 6.18 Å². The summed E-state index contributed by atoms with van der Waals surface area (Å²) in [5.74, 6) is 0. The molecule has 2 rings (SSSR count). The number of pyridine rings is 1. The van der Waals surface area contributed by atoms with Crippen LogP contribution in [0.25, 0.3) is 11.3 Å². The van der Waals surface area contributed by atoms with Gasteiger partial charge in [-0.25, -0.2) is 0 Å². The van der Waals surface area contributed by atoms with E-state index in [-0.39, 0.29) is 16.8 Å². The third-order valence-corrected chi connectivity index (χ3v) is 2.45. The van der Waals surface area contributed by atoms with E-state index in [1.54, 1.807) is 12.1 Å². The maximum absolute atomic E-state index is 12.9. The normalized spacial score (nSPS) is 11.3. The van der Waals surface area contributed by atoms with Crippen LogP contribution in [0.4, 0.5) is 13.2 Å². The molecule has 0 atom stereocenters. The minimum atomic E-state index is -4.52. The van der Waals surface area contributed by atoms with Gasteiger partial charge >= 0.3 is 6.18 Å². The van der Waals surface area contributed by atoms with Gasteiger partial charge in [-0.05, 0) is 18.2 Å². The number of carbonyl (C=O) groups excluding carboxylic acids is 1. The van der Waals surface area contributed by atoms with Gasteiger partial charge in [-0.15, -0.1) is 0 Å². The molecule has 2 aromatic rings. The predicted molar refractivity (Wildman–Crippen MR) is 60.1 cm³/mol. The smallest absolute Gasteiger partial charge is 0.298 e. The lowest BCUT2D eigenvalue weighted by atomic mass is 9.98. The number of rotatable bonds is 2. The van der Waals surface area contributed by atoms with Gasteiger partial charge in [0.05, 0.1) is 11.3 Å². The van der Waals surface area contributed by atoms with Crippen molar-refractivity contribution < 1.29 is 18.0 Å². The van der Waals surface area contributed by atoms with Crippen molar-refractivity contribution in [1.29, 1.82) is 0 Å². The Morgan fingerprint density at radius 2 is 1.83 bits per heavy atom. The van der Waals surface area contributed by atoms with Crippen LogP contribution >= 0.6 is 0 Å². The van der Waals surface area contributed by atoms with E-state index in [0.717, 1.165) is 6.07 Å². The molecular formula is C13H8F3NO. The minimum Gasteiger partial charge on any atom is -0.298 e. The summed E-state index contributed by atoms with van der Waals surface area (Å²) in [7, 11) is 0. The quantitative estimate of drug-likeness (QED) is 0.763. The Hall–Kier alpha value is -2.17. The van der Waals surface area contributed by atoms with Crippen LogP contribution in [0.3, 0.4) is 0 Å². The van der Waals surface area contributed by atoms with Crippen molar-refractivity contribution in [3.8, 4) is 11.3 Å². The summed E-state index contributed by atoms with van der Waals surface area (Å²) >= 11 is 0. The highest BCUT2D eigenvalue weighted by Crippen LogP contribution is 2.37. The van der Waals surface area contributed by atoms with Crippen molar-refractivity contribution in [1.82, 2.24) is 4.98 Å². The molecule has 92 valence electrons. The molecule has 1 aromatic heterocycles. The van der Waals surface area contributed by atoms with Gasteiger partial charge in [-0.1, -0.05) is 18.2 Å². The van der Waals surface area contributed by atoms with Crippen LogP contribution in [0, 0.1) is 0 Å². The van der Waals surface area contributed by atoms with Crippen LogP contribution in [0.5, 0.6) is 0 Å². The first-order chi connectivity index (χ1) is 8.54. The first-order valence-electron chi connectivity index (χ1n) is 5.11. The number of hydrogen-bond donors (Lipinski definition) is 0. The maximum atomic E-state index is 12.9. The highest BCUT2D eigenvalue weighted by Gasteiger charge is 2.34. The van der Waals surface area contributed by atoms with E-state index in [4.69, 9.17) is 0 Å². The number of aromatic nitrogens is 1. The second-order valence-electron chi connectivity index (χ2n) is 3.60. The number of nitrogens with zero attached hydrogens (tertiary/aromatic N) is 1. The number of benzene rings is 1. The molecule has 0 fully saturated rings. The van der Waals surface area contributed by atoms with Crippen LogP contribution in [0.1, 0.15) is 15.9 Å². The summed E-state index contributed by atoms with van der Waals surface area (Å²) in [6, 6.07) is 8.10. The summed E-state index contributed by atoms with van der Waals surface area (Å²) in [5.41, 5.74) is -0.928. The number of carbonyl (C=O) groups is 1. The summed E-state index contributed by atoms with van der Waals surface area (Å²) in [5, 5.41) is 0. The molecule has 18 heavy (non-hydrogen) atoms. The van der Waals surface area contributed by atoms with E-state index in [0.29, 0.717) is 6.29 Å². The molecule has 0 saturated carbocycles. The van der Waals surface area contributed by atoms with Crippen LogP contribution in [0.2, 0.25) is 0 Å². The molecule has 5 heteroatoms. The van der Waals surface area contributed by atoms with Gasteiger partial charge in [0.1, 0.15) is 0 Å². The molecule has 1 heterocycles. The number of alkyl halides is 3. The van der Waals surface area contributed by atoms with Crippen LogP contribution in [0.15, 0.2) is 42.6 Å². The third kappa shape index (κ3) is 2.25. The lowest BCUT2D eigenvalue weighted by Gasteiger charge is -2.13. The highest BCUT2D eigenvalue weighted by atomic mass is 19.4. The van der Waals surface area contributed by atoms with Gasteiger partial charge in [0.2, 0.25) is 0 Å². The molecule has 1 aromatic carbocycles. The standard InChI is InChI=1S/C13H8F3NO/c14-13(15,16)10-5-3-4-9(8-18)12(10)11-6-1-2-7-17-11/h1-8H. The van der Waals surface area contributed by atoms with Gasteiger partial charge in [-0.3, -0.25) is 9.78 Å². The molecular weight excluding hydrogens is 243 g/mol. The second kappa shape index (κ2) is 4.60. The Kier molecular flexibility index (Phi) is 3.14. The number of hydrogen-bond acceptors (Lipinski definition) is 2. The van der Waals surface area contributed by atoms with Crippen molar-refractivity contribution in [2.24, 2.45) is 0 Å². The molecule has 0 radical (unpaired) electrons. The molecule has 0 aliphatic heterocycles. The molecule has 0 aliphatic carbocycles. The average molecular weight is 251 g/mol. The summed E-state index contributed by atoms with van der Waals surface area (Å²) < 4.78 is 38.7. The van der Waals surface area contributed by atoms with Gasteiger partial charge in [0, 0.05) is 17.3 Å². The molecule has 0 saturated heterocycles. The predicted octanol–water partition coefficient (Wildman–Crippen LogP) is 3.58. The minimum absolute atomic E-state index is 0.0245. The maximum Gasteiger partial charge on any atom is 0.417 e. The third-order valence-electron chi connectivity index (χ3n) is 2.45. The van der Waals surface area contributed by atoms with Gasteiger partial charge in [-0.2, -0.15) is 13.2 Å². The van der Waals surface area contributed by atoms with Crippen molar-refractivity contribution in [3.63, 3.8) is 0 Å². The van der Waals surface area contributed by atoms with Crippen molar-refractivity contribution >= 4 is 6.29 Å². The fourth-order valence-electron chi connectivity index (χ4n) is 1.70. The van der Waals surface area contributed by atoms with E-state index in [1.807, 2.05) is 0 Å². The van der Waals surface area contributed by atoms with Crippen LogP contribution < -0.4 is 0 Å².